The maximum atomic E-state index is 11.1. The van der Waals surface area contributed by atoms with Gasteiger partial charge in [-0.1, -0.05) is 0 Å². The van der Waals surface area contributed by atoms with Crippen LogP contribution in [0, 0.1) is 0 Å². The van der Waals surface area contributed by atoms with Crippen LogP contribution in [0.25, 0.3) is 0 Å². The Hall–Kier alpha value is -0.790. The monoisotopic (exact) mass is 294 g/mol. The molecule has 5 nitrogen and oxygen atoms in total. The van der Waals surface area contributed by atoms with Gasteiger partial charge in [0.15, 0.2) is 0 Å². The zero-order valence-corrected chi connectivity index (χ0v) is 9.38. The van der Waals surface area contributed by atoms with Crippen LogP contribution in [-0.2, 0) is 0 Å². The summed E-state index contributed by atoms with van der Waals surface area (Å²) in [5.74, 6) is 0. The highest BCUT2D eigenvalue weighted by molar-refractivity contribution is 14.1. The van der Waals surface area contributed by atoms with E-state index in [0.717, 1.165) is 9.42 Å². The predicted octanol–water partition coefficient (Wildman–Crippen LogP) is 0.541. The number of hydrogen-bond acceptors (Lipinski definition) is 3. The lowest BCUT2D eigenvalue weighted by Crippen LogP contribution is -2.38. The van der Waals surface area contributed by atoms with Crippen LogP contribution in [0.15, 0.2) is 16.9 Å². The minimum absolute atomic E-state index is 0.179. The minimum atomic E-state index is -0.179. The van der Waals surface area contributed by atoms with E-state index in [1.165, 1.54) is 0 Å². The first kappa shape index (κ1) is 10.3. The van der Waals surface area contributed by atoms with Gasteiger partial charge >= 0.3 is 6.03 Å². The highest BCUT2D eigenvalue weighted by Gasteiger charge is 2.06. The first-order chi connectivity index (χ1) is 6.22. The average Bonchev–Trinajstić information content (AvgIpc) is 2.04. The van der Waals surface area contributed by atoms with Crippen LogP contribution in [-0.4, -0.2) is 22.8 Å². The third-order valence-corrected chi connectivity index (χ3v) is 1.91. The maximum absolute atomic E-state index is 11.1. The highest BCUT2D eigenvalue weighted by atomic mass is 127. The molecule has 13 heavy (non-hydrogen) atoms. The molecule has 72 valence electrons. The molecular formula is C7H11IN4O. The first-order valence-electron chi connectivity index (χ1n) is 3.94. The zero-order valence-electron chi connectivity index (χ0n) is 7.22. The fraction of sp³-hybridized carbons (Fsp3) is 0.429. The second-order valence-electron chi connectivity index (χ2n) is 2.42. The Labute approximate surface area is 90.2 Å². The largest absolute Gasteiger partial charge is 0.338 e. The number of carbonyl (C=O) groups excluding carboxylic acids is 1. The average molecular weight is 294 g/mol. The summed E-state index contributed by atoms with van der Waals surface area (Å²) in [6.07, 6.45) is 1.83. The van der Waals surface area contributed by atoms with Crippen LogP contribution in [0.5, 0.6) is 0 Å². The molecule has 0 unspecified atom stereocenters. The van der Waals surface area contributed by atoms with Crippen LogP contribution >= 0.6 is 22.6 Å². The molecule has 0 bridgehead atoms. The highest BCUT2D eigenvalue weighted by Crippen LogP contribution is 2.00. The van der Waals surface area contributed by atoms with Gasteiger partial charge in [0.1, 0.15) is 3.72 Å². The third-order valence-electron chi connectivity index (χ3n) is 1.36. The summed E-state index contributed by atoms with van der Waals surface area (Å²) >= 11 is 2.08. The van der Waals surface area contributed by atoms with E-state index in [4.69, 9.17) is 0 Å². The molecule has 0 aliphatic carbocycles. The minimum Gasteiger partial charge on any atom is -0.338 e. The Kier molecular flexibility index (Phi) is 4.00. The summed E-state index contributed by atoms with van der Waals surface area (Å²) in [6.45, 7) is 3.06. The van der Waals surface area contributed by atoms with Gasteiger partial charge in [0, 0.05) is 12.2 Å². The topological polar surface area (TPSA) is 65.5 Å². The number of hydrogen-bond donors (Lipinski definition) is 3. The quantitative estimate of drug-likeness (QED) is 0.651. The molecular weight excluding hydrogens is 283 g/mol. The van der Waals surface area contributed by atoms with Gasteiger partial charge in [0.2, 0.25) is 0 Å². The van der Waals surface area contributed by atoms with E-state index in [0.29, 0.717) is 13.1 Å². The van der Waals surface area contributed by atoms with Crippen molar-refractivity contribution in [2.45, 2.75) is 6.92 Å². The predicted molar refractivity (Wildman–Crippen MR) is 59.7 cm³/mol. The van der Waals surface area contributed by atoms with E-state index < -0.39 is 0 Å². The number of amides is 2. The summed E-state index contributed by atoms with van der Waals surface area (Å²) in [5, 5.41) is 9.30. The number of urea groups is 1. The second-order valence-corrected chi connectivity index (χ2v) is 3.53. The Morgan fingerprint density at radius 1 is 1.85 bits per heavy atom. The number of carbonyl (C=O) groups is 1. The van der Waals surface area contributed by atoms with Crippen molar-refractivity contribution in [3.63, 3.8) is 0 Å². The summed E-state index contributed by atoms with van der Waals surface area (Å²) in [4.78, 5) is 11.1. The number of rotatable bonds is 2. The number of halogens is 1. The first-order valence-corrected chi connectivity index (χ1v) is 5.01. The molecule has 6 heteroatoms. The van der Waals surface area contributed by atoms with Gasteiger partial charge in [-0.25, -0.2) is 4.79 Å². The molecule has 0 spiro atoms. The fourth-order valence-electron chi connectivity index (χ4n) is 0.858. The van der Waals surface area contributed by atoms with Gasteiger partial charge < -0.3 is 16.1 Å². The van der Waals surface area contributed by atoms with Crippen LogP contribution in [0.3, 0.4) is 0 Å². The lowest BCUT2D eigenvalue weighted by molar-refractivity contribution is 0.243. The van der Waals surface area contributed by atoms with Crippen LogP contribution in [0.1, 0.15) is 6.92 Å². The number of hydrazone groups is 1. The molecule has 0 atom stereocenters. The third kappa shape index (κ3) is 3.62. The Bertz CT molecular complexity index is 261. The molecule has 2 amide bonds. The van der Waals surface area contributed by atoms with E-state index in [-0.39, 0.29) is 6.03 Å². The van der Waals surface area contributed by atoms with Crippen LogP contribution < -0.4 is 16.1 Å². The molecule has 0 radical (unpaired) electrons. The van der Waals surface area contributed by atoms with Gasteiger partial charge in [0.05, 0.1) is 6.54 Å². The van der Waals surface area contributed by atoms with E-state index >= 15 is 0 Å². The molecule has 1 aliphatic heterocycles. The van der Waals surface area contributed by atoms with E-state index in [2.05, 4.69) is 43.8 Å². The van der Waals surface area contributed by atoms with Gasteiger partial charge in [-0.05, 0) is 35.6 Å². The Balaban J connectivity index is 2.45. The van der Waals surface area contributed by atoms with Crippen molar-refractivity contribution in [3.05, 3.63) is 11.8 Å². The molecule has 1 rings (SSSR count). The van der Waals surface area contributed by atoms with E-state index in [1.807, 2.05) is 13.0 Å². The smallest absolute Gasteiger partial charge is 0.319 e. The number of nitrogens with zero attached hydrogens (tertiary/aromatic N) is 1. The van der Waals surface area contributed by atoms with Gasteiger partial charge in [-0.3, -0.25) is 0 Å². The van der Waals surface area contributed by atoms with Crippen molar-refractivity contribution in [3.8, 4) is 0 Å². The molecule has 1 aliphatic rings. The zero-order chi connectivity index (χ0) is 9.68. The standard InChI is InChI=1S/C7H11IN4O/c1-2-9-7(13)11-5-3-6(8)12-10-4-5/h3,10H,2,4H2,1H3,(H2,9,11,13). The summed E-state index contributed by atoms with van der Waals surface area (Å²) < 4.78 is 0.829. The molecule has 0 fully saturated rings. The SMILES string of the molecule is CCNC(=O)NC1=CC(I)=NNC1. The Morgan fingerprint density at radius 2 is 2.62 bits per heavy atom. The second kappa shape index (κ2) is 5.05. The van der Waals surface area contributed by atoms with Crippen molar-refractivity contribution >= 4 is 32.3 Å². The van der Waals surface area contributed by atoms with Crippen LogP contribution in [0.4, 0.5) is 4.79 Å². The summed E-state index contributed by atoms with van der Waals surface area (Å²) in [5.41, 5.74) is 3.63. The number of allylic oxidation sites excluding steroid dienone is 1. The number of nitrogens with one attached hydrogen (secondary N) is 3. The molecule has 3 N–H and O–H groups in total. The van der Waals surface area contributed by atoms with Crippen molar-refractivity contribution < 1.29 is 4.79 Å². The molecule has 0 aromatic heterocycles. The molecule has 1 heterocycles. The molecule has 0 saturated heterocycles. The summed E-state index contributed by atoms with van der Waals surface area (Å²) in [6, 6.07) is -0.179. The van der Waals surface area contributed by atoms with E-state index in [1.54, 1.807) is 0 Å². The fourth-order valence-corrected chi connectivity index (χ4v) is 1.40. The van der Waals surface area contributed by atoms with Crippen molar-refractivity contribution in [1.29, 1.82) is 0 Å². The van der Waals surface area contributed by atoms with E-state index in [9.17, 15) is 4.79 Å². The van der Waals surface area contributed by atoms with Gasteiger partial charge in [0.25, 0.3) is 0 Å². The maximum Gasteiger partial charge on any atom is 0.319 e. The van der Waals surface area contributed by atoms with Crippen molar-refractivity contribution in [2.24, 2.45) is 5.10 Å². The lowest BCUT2D eigenvalue weighted by Gasteiger charge is -2.13. The van der Waals surface area contributed by atoms with Crippen molar-refractivity contribution in [1.82, 2.24) is 16.1 Å². The normalized spacial score (nSPS) is 15.2. The molecule has 0 saturated carbocycles. The van der Waals surface area contributed by atoms with Gasteiger partial charge in [-0.15, -0.1) is 0 Å². The van der Waals surface area contributed by atoms with Crippen LogP contribution in [0.2, 0.25) is 0 Å². The van der Waals surface area contributed by atoms with Gasteiger partial charge in [-0.2, -0.15) is 5.10 Å². The molecule has 0 aromatic carbocycles. The Morgan fingerprint density at radius 3 is 3.23 bits per heavy atom. The summed E-state index contributed by atoms with van der Waals surface area (Å²) in [7, 11) is 0. The molecule has 0 aromatic rings. The van der Waals surface area contributed by atoms with Crippen molar-refractivity contribution in [2.75, 3.05) is 13.1 Å². The lowest BCUT2D eigenvalue weighted by atomic mass is 10.4.